The van der Waals surface area contributed by atoms with Gasteiger partial charge in [-0.1, -0.05) is 127 Å². The molecule has 1 heterocycles. The van der Waals surface area contributed by atoms with Gasteiger partial charge in [0.2, 0.25) is 0 Å². The van der Waals surface area contributed by atoms with Crippen molar-refractivity contribution in [3.8, 4) is 34.0 Å². The summed E-state index contributed by atoms with van der Waals surface area (Å²) in [7, 11) is 0. The third-order valence-electron chi connectivity index (χ3n) is 7.43. The third-order valence-corrected chi connectivity index (χ3v) is 7.43. The standard InChI is InChI=1S/C36H50N2O4/c1-4-6-8-10-12-13-16-21-29(3)41-36(39)42-31-27-37-35(38-28-31)34-32(30-22-17-15-18-23-30)24-20-25-33(34)40-26-19-14-11-9-7-5-2/h15,17-18,20,22-25,27-29H,4-14,16,19,21,26H2,1-3H3/t29-/m0/s1. The van der Waals surface area contributed by atoms with E-state index in [-0.39, 0.29) is 11.9 Å². The van der Waals surface area contributed by atoms with Crippen LogP contribution in [-0.2, 0) is 4.74 Å². The van der Waals surface area contributed by atoms with Crippen LogP contribution in [0.5, 0.6) is 11.5 Å². The molecule has 3 aromatic rings. The largest absolute Gasteiger partial charge is 0.514 e. The molecule has 0 fully saturated rings. The van der Waals surface area contributed by atoms with Crippen molar-refractivity contribution in [2.24, 2.45) is 0 Å². The van der Waals surface area contributed by atoms with E-state index >= 15 is 0 Å². The molecule has 0 spiro atoms. The van der Waals surface area contributed by atoms with Crippen molar-refractivity contribution in [2.75, 3.05) is 6.61 Å². The molecule has 1 aromatic heterocycles. The van der Waals surface area contributed by atoms with Crippen molar-refractivity contribution in [1.29, 1.82) is 0 Å². The maximum atomic E-state index is 12.4. The number of nitrogens with zero attached hydrogens (tertiary/aromatic N) is 2. The predicted octanol–water partition coefficient (Wildman–Crippen LogP) is 10.6. The zero-order valence-corrected chi connectivity index (χ0v) is 26.0. The van der Waals surface area contributed by atoms with Crippen LogP contribution in [0, 0.1) is 0 Å². The fourth-order valence-electron chi connectivity index (χ4n) is 5.04. The van der Waals surface area contributed by atoms with E-state index in [1.165, 1.54) is 70.2 Å². The van der Waals surface area contributed by atoms with Gasteiger partial charge in [-0.05, 0) is 43.4 Å². The van der Waals surface area contributed by atoms with Crippen molar-refractivity contribution in [1.82, 2.24) is 9.97 Å². The van der Waals surface area contributed by atoms with Crippen LogP contribution in [0.1, 0.15) is 111 Å². The molecule has 1 atom stereocenters. The highest BCUT2D eigenvalue weighted by molar-refractivity contribution is 5.84. The maximum Gasteiger partial charge on any atom is 0.514 e. The molecule has 0 unspecified atom stereocenters. The lowest BCUT2D eigenvalue weighted by molar-refractivity contribution is 0.0611. The summed E-state index contributed by atoms with van der Waals surface area (Å²) in [5.74, 6) is 1.51. The minimum absolute atomic E-state index is 0.197. The topological polar surface area (TPSA) is 70.5 Å². The lowest BCUT2D eigenvalue weighted by atomic mass is 9.98. The van der Waals surface area contributed by atoms with Gasteiger partial charge in [0.05, 0.1) is 24.6 Å². The molecule has 0 saturated carbocycles. The summed E-state index contributed by atoms with van der Waals surface area (Å²) in [5.41, 5.74) is 2.87. The number of carbonyl (C=O) groups is 1. The minimum atomic E-state index is -0.727. The summed E-state index contributed by atoms with van der Waals surface area (Å²) < 4.78 is 17.1. The van der Waals surface area contributed by atoms with Gasteiger partial charge in [-0.15, -0.1) is 0 Å². The number of aromatic nitrogens is 2. The van der Waals surface area contributed by atoms with Gasteiger partial charge in [-0.25, -0.2) is 14.8 Å². The maximum absolute atomic E-state index is 12.4. The smallest absolute Gasteiger partial charge is 0.493 e. The van der Waals surface area contributed by atoms with E-state index in [2.05, 4.69) is 42.0 Å². The molecule has 42 heavy (non-hydrogen) atoms. The first-order chi connectivity index (χ1) is 20.6. The second kappa shape index (κ2) is 19.7. The Balaban J connectivity index is 1.60. The molecule has 0 radical (unpaired) electrons. The van der Waals surface area contributed by atoms with Crippen molar-refractivity contribution in [3.63, 3.8) is 0 Å². The minimum Gasteiger partial charge on any atom is -0.493 e. The van der Waals surface area contributed by atoms with Gasteiger partial charge in [0, 0.05) is 0 Å². The monoisotopic (exact) mass is 574 g/mol. The number of ether oxygens (including phenoxy) is 3. The van der Waals surface area contributed by atoms with Crippen LogP contribution in [0.25, 0.3) is 22.5 Å². The van der Waals surface area contributed by atoms with E-state index in [9.17, 15) is 4.79 Å². The van der Waals surface area contributed by atoms with E-state index in [0.29, 0.717) is 12.4 Å². The Labute approximate surface area is 253 Å². The zero-order chi connectivity index (χ0) is 29.8. The fraction of sp³-hybridized carbons (Fsp3) is 0.528. The van der Waals surface area contributed by atoms with E-state index < -0.39 is 6.16 Å². The molecule has 0 aliphatic rings. The Bertz CT molecular complexity index is 1150. The summed E-state index contributed by atoms with van der Waals surface area (Å²) in [5, 5.41) is 0. The molecule has 6 heteroatoms. The van der Waals surface area contributed by atoms with E-state index in [1.54, 1.807) is 0 Å². The van der Waals surface area contributed by atoms with Gasteiger partial charge >= 0.3 is 6.16 Å². The summed E-state index contributed by atoms with van der Waals surface area (Å²) in [6.07, 6.45) is 18.8. The second-order valence-corrected chi connectivity index (χ2v) is 11.1. The number of benzene rings is 2. The summed E-state index contributed by atoms with van der Waals surface area (Å²) >= 11 is 0. The van der Waals surface area contributed by atoms with E-state index in [1.807, 2.05) is 37.3 Å². The highest BCUT2D eigenvalue weighted by Gasteiger charge is 2.18. The molecule has 228 valence electrons. The highest BCUT2D eigenvalue weighted by atomic mass is 16.7. The Morgan fingerprint density at radius 1 is 0.738 bits per heavy atom. The van der Waals surface area contributed by atoms with Gasteiger partial charge in [0.1, 0.15) is 11.9 Å². The molecular weight excluding hydrogens is 524 g/mol. The van der Waals surface area contributed by atoms with Gasteiger partial charge < -0.3 is 14.2 Å². The average Bonchev–Trinajstić information content (AvgIpc) is 3.01. The van der Waals surface area contributed by atoms with Gasteiger partial charge in [-0.2, -0.15) is 0 Å². The number of hydrogen-bond acceptors (Lipinski definition) is 6. The fourth-order valence-corrected chi connectivity index (χ4v) is 5.04. The molecule has 0 bridgehead atoms. The van der Waals surface area contributed by atoms with Crippen LogP contribution in [0.2, 0.25) is 0 Å². The van der Waals surface area contributed by atoms with E-state index in [4.69, 9.17) is 14.2 Å². The van der Waals surface area contributed by atoms with Gasteiger partial charge in [0.25, 0.3) is 0 Å². The van der Waals surface area contributed by atoms with Crippen LogP contribution in [0.4, 0.5) is 4.79 Å². The first-order valence-electron chi connectivity index (χ1n) is 16.1. The molecule has 6 nitrogen and oxygen atoms in total. The third kappa shape index (κ3) is 11.8. The Morgan fingerprint density at radius 3 is 2.02 bits per heavy atom. The van der Waals surface area contributed by atoms with E-state index in [0.717, 1.165) is 54.5 Å². The number of hydrogen-bond donors (Lipinski definition) is 0. The first-order valence-corrected chi connectivity index (χ1v) is 16.1. The Hall–Kier alpha value is -3.41. The normalized spacial score (nSPS) is 11.7. The van der Waals surface area contributed by atoms with Crippen LogP contribution >= 0.6 is 0 Å². The first kappa shape index (κ1) is 33.1. The zero-order valence-electron chi connectivity index (χ0n) is 26.0. The summed E-state index contributed by atoms with van der Waals surface area (Å²) in [4.78, 5) is 21.5. The Morgan fingerprint density at radius 2 is 1.36 bits per heavy atom. The second-order valence-electron chi connectivity index (χ2n) is 11.1. The van der Waals surface area contributed by atoms with Gasteiger partial charge in [-0.3, -0.25) is 0 Å². The van der Waals surface area contributed by atoms with Crippen LogP contribution in [0.15, 0.2) is 60.9 Å². The molecule has 2 aromatic carbocycles. The molecule has 0 N–H and O–H groups in total. The van der Waals surface area contributed by atoms with Crippen molar-refractivity contribution >= 4 is 6.16 Å². The quantitative estimate of drug-likeness (QED) is 0.0987. The average molecular weight is 575 g/mol. The summed E-state index contributed by atoms with van der Waals surface area (Å²) in [6, 6.07) is 16.2. The van der Waals surface area contributed by atoms with Crippen molar-refractivity contribution in [3.05, 3.63) is 60.9 Å². The van der Waals surface area contributed by atoms with Crippen LogP contribution < -0.4 is 9.47 Å². The Kier molecular flexibility index (Phi) is 15.5. The molecule has 0 aliphatic heterocycles. The summed E-state index contributed by atoms with van der Waals surface area (Å²) in [6.45, 7) is 7.01. The lowest BCUT2D eigenvalue weighted by Gasteiger charge is -2.16. The molecule has 0 aliphatic carbocycles. The molecule has 0 amide bonds. The molecular formula is C36H50N2O4. The number of unbranched alkanes of at least 4 members (excludes halogenated alkanes) is 11. The van der Waals surface area contributed by atoms with Crippen molar-refractivity contribution < 1.29 is 19.0 Å². The van der Waals surface area contributed by atoms with Crippen LogP contribution in [-0.4, -0.2) is 28.8 Å². The van der Waals surface area contributed by atoms with Gasteiger partial charge in [0.15, 0.2) is 11.6 Å². The SMILES string of the molecule is CCCCCCCCC[C@H](C)OC(=O)Oc1cnc(-c2c(OCCCCCCCC)cccc2-c2ccccc2)nc1. The predicted molar refractivity (Wildman–Crippen MR) is 171 cm³/mol. The lowest BCUT2D eigenvalue weighted by Crippen LogP contribution is -2.18. The van der Waals surface area contributed by atoms with Crippen molar-refractivity contribution in [2.45, 2.75) is 117 Å². The number of carbonyl (C=O) groups excluding carboxylic acids is 1. The number of rotatable bonds is 20. The highest BCUT2D eigenvalue weighted by Crippen LogP contribution is 2.38. The van der Waals surface area contributed by atoms with Crippen LogP contribution in [0.3, 0.4) is 0 Å². The molecule has 3 rings (SSSR count). The molecule has 0 saturated heterocycles.